The maximum atomic E-state index is 10.4. The van der Waals surface area contributed by atoms with Crippen LogP contribution in [0.25, 0.3) is 0 Å². The van der Waals surface area contributed by atoms with Gasteiger partial charge in [-0.1, -0.05) is 24.3 Å². The minimum absolute atomic E-state index is 0.514. The lowest BCUT2D eigenvalue weighted by molar-refractivity contribution is 0.251. The van der Waals surface area contributed by atoms with Gasteiger partial charge in [-0.25, -0.2) is 4.79 Å². The number of hydrogen-bond donors (Lipinski definition) is 2. The van der Waals surface area contributed by atoms with Crippen LogP contribution in [0.15, 0.2) is 36.1 Å². The van der Waals surface area contributed by atoms with E-state index < -0.39 is 6.03 Å². The Balaban J connectivity index is 2.57. The molecule has 1 aliphatic carbocycles. The van der Waals surface area contributed by atoms with Gasteiger partial charge in [-0.3, -0.25) is 0 Å². The van der Waals surface area contributed by atoms with E-state index in [1.54, 1.807) is 0 Å². The van der Waals surface area contributed by atoms with Crippen LogP contribution in [0.3, 0.4) is 0 Å². The molecule has 58 valence electrons. The first-order valence-electron chi connectivity index (χ1n) is 3.38. The molecule has 0 fully saturated rings. The molecule has 1 aliphatic rings. The van der Waals surface area contributed by atoms with Crippen molar-refractivity contribution in [2.75, 3.05) is 0 Å². The highest BCUT2D eigenvalue weighted by molar-refractivity contribution is 5.73. The van der Waals surface area contributed by atoms with Gasteiger partial charge in [0.25, 0.3) is 0 Å². The number of allylic oxidation sites excluding steroid dienone is 5. The summed E-state index contributed by atoms with van der Waals surface area (Å²) in [6, 6.07) is -0.514. The van der Waals surface area contributed by atoms with Gasteiger partial charge in [-0.2, -0.15) is 0 Å². The van der Waals surface area contributed by atoms with Gasteiger partial charge in [-0.05, 0) is 6.08 Å². The Morgan fingerprint density at radius 2 is 2.27 bits per heavy atom. The monoisotopic (exact) mass is 150 g/mol. The molecule has 3 nitrogen and oxygen atoms in total. The SMILES string of the molecule is NC(=O)NC1=CC=CC=CC1. The first-order valence-corrected chi connectivity index (χ1v) is 3.38. The van der Waals surface area contributed by atoms with Gasteiger partial charge in [0.2, 0.25) is 0 Å². The summed E-state index contributed by atoms with van der Waals surface area (Å²) in [4.78, 5) is 10.4. The Morgan fingerprint density at radius 1 is 1.45 bits per heavy atom. The van der Waals surface area contributed by atoms with Gasteiger partial charge in [0.1, 0.15) is 0 Å². The second kappa shape index (κ2) is 3.61. The predicted molar refractivity (Wildman–Crippen MR) is 43.7 cm³/mol. The number of carbonyl (C=O) groups is 1. The predicted octanol–water partition coefficient (Wildman–Crippen LogP) is 1.05. The second-order valence-electron chi connectivity index (χ2n) is 2.20. The van der Waals surface area contributed by atoms with Crippen LogP contribution >= 0.6 is 0 Å². The minimum atomic E-state index is -0.514. The van der Waals surface area contributed by atoms with E-state index in [0.29, 0.717) is 0 Å². The van der Waals surface area contributed by atoms with Crippen molar-refractivity contribution in [2.24, 2.45) is 5.73 Å². The van der Waals surface area contributed by atoms with Crippen molar-refractivity contribution in [1.82, 2.24) is 5.32 Å². The lowest BCUT2D eigenvalue weighted by Gasteiger charge is -2.01. The quantitative estimate of drug-likeness (QED) is 0.576. The Bertz CT molecular complexity index is 238. The molecular formula is C8H10N2O. The van der Waals surface area contributed by atoms with Crippen molar-refractivity contribution in [3.05, 3.63) is 36.1 Å². The van der Waals surface area contributed by atoms with E-state index in [4.69, 9.17) is 5.73 Å². The topological polar surface area (TPSA) is 55.1 Å². The third-order valence-electron chi connectivity index (χ3n) is 1.28. The number of nitrogens with one attached hydrogen (secondary N) is 1. The van der Waals surface area contributed by atoms with Gasteiger partial charge in [0.15, 0.2) is 0 Å². The summed E-state index contributed by atoms with van der Waals surface area (Å²) < 4.78 is 0. The fraction of sp³-hybridized carbons (Fsp3) is 0.125. The van der Waals surface area contributed by atoms with E-state index in [9.17, 15) is 4.79 Å². The lowest BCUT2D eigenvalue weighted by Crippen LogP contribution is -2.28. The Labute approximate surface area is 65.3 Å². The molecule has 0 aliphatic heterocycles. The van der Waals surface area contributed by atoms with E-state index in [2.05, 4.69) is 5.32 Å². The Hall–Kier alpha value is -1.51. The number of carbonyl (C=O) groups excluding carboxylic acids is 1. The minimum Gasteiger partial charge on any atom is -0.351 e. The number of amides is 2. The van der Waals surface area contributed by atoms with Crippen molar-refractivity contribution < 1.29 is 4.79 Å². The maximum absolute atomic E-state index is 10.4. The average molecular weight is 150 g/mol. The largest absolute Gasteiger partial charge is 0.351 e. The van der Waals surface area contributed by atoms with Crippen LogP contribution in [-0.2, 0) is 0 Å². The van der Waals surface area contributed by atoms with Gasteiger partial charge < -0.3 is 11.1 Å². The molecule has 0 atom stereocenters. The third kappa shape index (κ3) is 2.71. The fourth-order valence-corrected chi connectivity index (χ4v) is 0.828. The summed E-state index contributed by atoms with van der Waals surface area (Å²) >= 11 is 0. The molecule has 0 bridgehead atoms. The van der Waals surface area contributed by atoms with E-state index in [-0.39, 0.29) is 0 Å². The molecule has 0 spiro atoms. The average Bonchev–Trinajstić information content (AvgIpc) is 2.14. The van der Waals surface area contributed by atoms with Gasteiger partial charge >= 0.3 is 6.03 Å². The third-order valence-corrected chi connectivity index (χ3v) is 1.28. The summed E-state index contributed by atoms with van der Waals surface area (Å²) in [6.07, 6.45) is 10.2. The van der Waals surface area contributed by atoms with E-state index in [1.807, 2.05) is 30.4 Å². The van der Waals surface area contributed by atoms with Gasteiger partial charge in [0.05, 0.1) is 0 Å². The van der Waals surface area contributed by atoms with E-state index in [0.717, 1.165) is 12.1 Å². The zero-order valence-electron chi connectivity index (χ0n) is 6.08. The molecule has 2 amide bonds. The molecule has 0 unspecified atom stereocenters. The summed E-state index contributed by atoms with van der Waals surface area (Å²) in [5.41, 5.74) is 5.76. The highest BCUT2D eigenvalue weighted by atomic mass is 16.2. The molecule has 11 heavy (non-hydrogen) atoms. The zero-order valence-corrected chi connectivity index (χ0v) is 6.08. The van der Waals surface area contributed by atoms with Crippen molar-refractivity contribution >= 4 is 6.03 Å². The van der Waals surface area contributed by atoms with Crippen LogP contribution in [0.1, 0.15) is 6.42 Å². The highest BCUT2D eigenvalue weighted by Crippen LogP contribution is 2.02. The summed E-state index contributed by atoms with van der Waals surface area (Å²) in [5, 5.41) is 2.52. The van der Waals surface area contributed by atoms with Crippen molar-refractivity contribution in [3.63, 3.8) is 0 Å². The van der Waals surface area contributed by atoms with Crippen molar-refractivity contribution in [2.45, 2.75) is 6.42 Å². The van der Waals surface area contributed by atoms with Crippen molar-refractivity contribution in [1.29, 1.82) is 0 Å². The molecule has 1 rings (SSSR count). The van der Waals surface area contributed by atoms with Crippen LogP contribution in [0.5, 0.6) is 0 Å². The molecule has 0 heterocycles. The standard InChI is InChI=1S/C8H10N2O/c9-8(11)10-7-5-3-1-2-4-6-7/h1-5H,6H2,(H3,9,10,11). The second-order valence-corrected chi connectivity index (χ2v) is 2.20. The van der Waals surface area contributed by atoms with Crippen LogP contribution in [-0.4, -0.2) is 6.03 Å². The van der Waals surface area contributed by atoms with Gasteiger partial charge in [-0.15, -0.1) is 0 Å². The van der Waals surface area contributed by atoms with E-state index in [1.165, 1.54) is 0 Å². The molecule has 0 radical (unpaired) electrons. The molecule has 0 aromatic rings. The van der Waals surface area contributed by atoms with Gasteiger partial charge in [0, 0.05) is 12.1 Å². The van der Waals surface area contributed by atoms with Crippen LogP contribution in [0.4, 0.5) is 4.79 Å². The maximum Gasteiger partial charge on any atom is 0.316 e. The molecule has 3 N–H and O–H groups in total. The van der Waals surface area contributed by atoms with Crippen molar-refractivity contribution in [3.8, 4) is 0 Å². The molecule has 3 heteroatoms. The van der Waals surface area contributed by atoms with Crippen LogP contribution < -0.4 is 11.1 Å². The first-order chi connectivity index (χ1) is 5.29. The normalized spacial score (nSPS) is 15.5. The number of hydrogen-bond acceptors (Lipinski definition) is 1. The smallest absolute Gasteiger partial charge is 0.316 e. The first kappa shape index (κ1) is 7.60. The number of urea groups is 1. The lowest BCUT2D eigenvalue weighted by atomic mass is 10.3. The summed E-state index contributed by atoms with van der Waals surface area (Å²) in [5.74, 6) is 0. The number of rotatable bonds is 1. The molecule has 0 saturated heterocycles. The number of primary amides is 1. The molecule has 0 aromatic heterocycles. The highest BCUT2D eigenvalue weighted by Gasteiger charge is 1.96. The summed E-state index contributed by atoms with van der Waals surface area (Å²) in [7, 11) is 0. The number of nitrogens with two attached hydrogens (primary N) is 1. The van der Waals surface area contributed by atoms with Crippen LogP contribution in [0, 0.1) is 0 Å². The van der Waals surface area contributed by atoms with E-state index >= 15 is 0 Å². The van der Waals surface area contributed by atoms with Crippen LogP contribution in [0.2, 0.25) is 0 Å². The Kier molecular flexibility index (Phi) is 2.49. The summed E-state index contributed by atoms with van der Waals surface area (Å²) in [6.45, 7) is 0. The molecule has 0 saturated carbocycles. The fourth-order valence-electron chi connectivity index (χ4n) is 0.828. The molecular weight excluding hydrogens is 140 g/mol. The molecule has 0 aromatic carbocycles. The Morgan fingerprint density at radius 3 is 3.00 bits per heavy atom. The zero-order chi connectivity index (χ0) is 8.10.